The molecule has 0 fully saturated rings. The molecule has 5 nitrogen and oxygen atoms in total. The molecule has 2 atom stereocenters. The van der Waals surface area contributed by atoms with Gasteiger partial charge in [0.1, 0.15) is 5.75 Å². The van der Waals surface area contributed by atoms with E-state index in [4.69, 9.17) is 4.74 Å². The van der Waals surface area contributed by atoms with Gasteiger partial charge in [-0.3, -0.25) is 9.59 Å². The normalized spacial score (nSPS) is 12.9. The van der Waals surface area contributed by atoms with Gasteiger partial charge < -0.3 is 15.0 Å². The molecule has 0 aliphatic carbocycles. The third kappa shape index (κ3) is 5.08. The van der Waals surface area contributed by atoms with E-state index in [-0.39, 0.29) is 30.3 Å². The number of benzene rings is 1. The van der Waals surface area contributed by atoms with Crippen molar-refractivity contribution in [2.24, 2.45) is 0 Å². The van der Waals surface area contributed by atoms with Crippen LogP contribution in [0.25, 0.3) is 0 Å². The Morgan fingerprint density at radius 1 is 1.27 bits per heavy atom. The van der Waals surface area contributed by atoms with Gasteiger partial charge in [0, 0.05) is 18.3 Å². The molecule has 0 bridgehead atoms. The van der Waals surface area contributed by atoms with Crippen LogP contribution in [0.5, 0.6) is 5.75 Å². The van der Waals surface area contributed by atoms with Crippen LogP contribution in [0.1, 0.15) is 49.7 Å². The molecular formula is C20H26N2O3S. The van der Waals surface area contributed by atoms with E-state index in [1.165, 1.54) is 6.92 Å². The van der Waals surface area contributed by atoms with Crippen LogP contribution in [0.2, 0.25) is 0 Å². The van der Waals surface area contributed by atoms with E-state index in [0.29, 0.717) is 6.54 Å². The van der Waals surface area contributed by atoms with Crippen molar-refractivity contribution in [3.63, 3.8) is 0 Å². The molecule has 0 aliphatic rings. The molecule has 2 rings (SSSR count). The summed E-state index contributed by atoms with van der Waals surface area (Å²) in [5, 5.41) is 4.84. The molecule has 1 aromatic carbocycles. The third-order valence-electron chi connectivity index (χ3n) is 4.35. The van der Waals surface area contributed by atoms with Gasteiger partial charge in [0.15, 0.2) is 0 Å². The summed E-state index contributed by atoms with van der Waals surface area (Å²) in [4.78, 5) is 27.3. The molecule has 140 valence electrons. The fraction of sp³-hybridized carbons (Fsp3) is 0.400. The number of nitrogens with zero attached hydrogens (tertiary/aromatic N) is 1. The summed E-state index contributed by atoms with van der Waals surface area (Å²) < 4.78 is 5.29. The Hall–Kier alpha value is -2.34. The van der Waals surface area contributed by atoms with E-state index < -0.39 is 0 Å². The maximum absolute atomic E-state index is 13.0. The molecule has 2 aromatic rings. The Labute approximate surface area is 159 Å². The van der Waals surface area contributed by atoms with Crippen LogP contribution in [0, 0.1) is 0 Å². The molecule has 2 unspecified atom stereocenters. The van der Waals surface area contributed by atoms with Crippen molar-refractivity contribution in [1.29, 1.82) is 0 Å². The molecule has 0 saturated carbocycles. The average molecular weight is 375 g/mol. The highest BCUT2D eigenvalue weighted by atomic mass is 32.1. The lowest BCUT2D eigenvalue weighted by molar-refractivity contribution is -0.134. The van der Waals surface area contributed by atoms with Crippen LogP contribution in [0.3, 0.4) is 0 Å². The van der Waals surface area contributed by atoms with Crippen LogP contribution in [0.15, 0.2) is 41.8 Å². The SMILES string of the molecule is CCN(C(=O)CC(NC(C)=O)c1cccs1)C(C)c1cccc(OC)c1. The molecular weight excluding hydrogens is 348 g/mol. The number of nitrogens with one attached hydrogen (secondary N) is 1. The number of rotatable bonds is 8. The van der Waals surface area contributed by atoms with Gasteiger partial charge in [-0.2, -0.15) is 0 Å². The smallest absolute Gasteiger partial charge is 0.225 e. The third-order valence-corrected chi connectivity index (χ3v) is 5.33. The Morgan fingerprint density at radius 2 is 2.04 bits per heavy atom. The summed E-state index contributed by atoms with van der Waals surface area (Å²) >= 11 is 1.54. The predicted molar refractivity (Wildman–Crippen MR) is 104 cm³/mol. The Morgan fingerprint density at radius 3 is 2.62 bits per heavy atom. The van der Waals surface area contributed by atoms with Gasteiger partial charge in [-0.05, 0) is 43.0 Å². The van der Waals surface area contributed by atoms with Crippen LogP contribution in [0.4, 0.5) is 0 Å². The summed E-state index contributed by atoms with van der Waals surface area (Å²) in [5.41, 5.74) is 1.02. The predicted octanol–water partition coefficient (Wildman–Crippen LogP) is 3.93. The van der Waals surface area contributed by atoms with E-state index in [2.05, 4.69) is 5.32 Å². The van der Waals surface area contributed by atoms with Crippen molar-refractivity contribution >= 4 is 23.2 Å². The number of amides is 2. The second-order valence-corrected chi connectivity index (χ2v) is 7.08. The van der Waals surface area contributed by atoms with E-state index in [1.54, 1.807) is 18.4 Å². The minimum Gasteiger partial charge on any atom is -0.497 e. The second kappa shape index (κ2) is 9.38. The first-order valence-electron chi connectivity index (χ1n) is 8.70. The van der Waals surface area contributed by atoms with E-state index in [1.807, 2.05) is 60.5 Å². The molecule has 1 N–H and O–H groups in total. The Kier molecular flexibility index (Phi) is 7.21. The van der Waals surface area contributed by atoms with Gasteiger partial charge in [0.25, 0.3) is 0 Å². The molecule has 2 amide bonds. The van der Waals surface area contributed by atoms with Gasteiger partial charge in [-0.15, -0.1) is 11.3 Å². The first-order chi connectivity index (χ1) is 12.5. The lowest BCUT2D eigenvalue weighted by atomic mass is 10.0. The van der Waals surface area contributed by atoms with E-state index in [9.17, 15) is 9.59 Å². The van der Waals surface area contributed by atoms with Crippen LogP contribution in [-0.2, 0) is 9.59 Å². The molecule has 0 radical (unpaired) electrons. The summed E-state index contributed by atoms with van der Waals surface area (Å²) in [6.45, 7) is 6.04. The quantitative estimate of drug-likeness (QED) is 0.761. The standard InChI is InChI=1S/C20H26N2O3S/c1-5-22(14(2)16-8-6-9-17(12-16)25-4)20(24)13-18(21-15(3)23)19-10-7-11-26-19/h6-12,14,18H,5,13H2,1-4H3,(H,21,23). The maximum atomic E-state index is 13.0. The highest BCUT2D eigenvalue weighted by Gasteiger charge is 2.25. The molecule has 6 heteroatoms. The Balaban J connectivity index is 2.16. The van der Waals surface area contributed by atoms with Crippen LogP contribution in [-0.4, -0.2) is 30.4 Å². The zero-order valence-corrected chi connectivity index (χ0v) is 16.5. The van der Waals surface area contributed by atoms with Crippen LogP contribution >= 0.6 is 11.3 Å². The fourth-order valence-electron chi connectivity index (χ4n) is 3.00. The summed E-state index contributed by atoms with van der Waals surface area (Å²) in [5.74, 6) is 0.641. The lowest BCUT2D eigenvalue weighted by Gasteiger charge is -2.30. The number of ether oxygens (including phenoxy) is 1. The molecule has 26 heavy (non-hydrogen) atoms. The van der Waals surface area contributed by atoms with E-state index in [0.717, 1.165) is 16.2 Å². The minimum absolute atomic E-state index is 0.00923. The van der Waals surface area contributed by atoms with Gasteiger partial charge in [0.2, 0.25) is 11.8 Å². The number of hydrogen-bond acceptors (Lipinski definition) is 4. The lowest BCUT2D eigenvalue weighted by Crippen LogP contribution is -2.37. The van der Waals surface area contributed by atoms with E-state index >= 15 is 0 Å². The molecule has 0 saturated heterocycles. The first kappa shape index (κ1) is 20.0. The van der Waals surface area contributed by atoms with Gasteiger partial charge >= 0.3 is 0 Å². The number of hydrogen-bond donors (Lipinski definition) is 1. The molecule has 1 heterocycles. The summed E-state index contributed by atoms with van der Waals surface area (Å²) in [6, 6.07) is 11.2. The zero-order chi connectivity index (χ0) is 19.1. The first-order valence-corrected chi connectivity index (χ1v) is 9.58. The van der Waals surface area contributed by atoms with Gasteiger partial charge in [-0.25, -0.2) is 0 Å². The summed E-state index contributed by atoms with van der Waals surface area (Å²) in [7, 11) is 1.63. The van der Waals surface area contributed by atoms with Crippen molar-refractivity contribution in [3.05, 3.63) is 52.2 Å². The largest absolute Gasteiger partial charge is 0.497 e. The van der Waals surface area contributed by atoms with Crippen molar-refractivity contribution < 1.29 is 14.3 Å². The number of thiophene rings is 1. The molecule has 1 aromatic heterocycles. The fourth-order valence-corrected chi connectivity index (χ4v) is 3.77. The van der Waals surface area contributed by atoms with Gasteiger partial charge in [0.05, 0.1) is 25.6 Å². The van der Waals surface area contributed by atoms with Crippen molar-refractivity contribution in [1.82, 2.24) is 10.2 Å². The van der Waals surface area contributed by atoms with Crippen molar-refractivity contribution in [2.45, 2.75) is 39.3 Å². The Bertz CT molecular complexity index is 730. The average Bonchev–Trinajstić information content (AvgIpc) is 3.16. The number of carbonyl (C=O) groups excluding carboxylic acids is 2. The van der Waals surface area contributed by atoms with Crippen molar-refractivity contribution in [3.8, 4) is 5.75 Å². The topological polar surface area (TPSA) is 58.6 Å². The summed E-state index contributed by atoms with van der Waals surface area (Å²) in [6.07, 6.45) is 0.238. The number of methoxy groups -OCH3 is 1. The monoisotopic (exact) mass is 374 g/mol. The van der Waals surface area contributed by atoms with Crippen LogP contribution < -0.4 is 10.1 Å². The molecule has 0 aliphatic heterocycles. The highest BCUT2D eigenvalue weighted by molar-refractivity contribution is 7.10. The van der Waals surface area contributed by atoms with Gasteiger partial charge in [-0.1, -0.05) is 18.2 Å². The highest BCUT2D eigenvalue weighted by Crippen LogP contribution is 2.27. The zero-order valence-electron chi connectivity index (χ0n) is 15.7. The maximum Gasteiger partial charge on any atom is 0.225 e. The minimum atomic E-state index is -0.299. The molecule has 0 spiro atoms. The second-order valence-electron chi connectivity index (χ2n) is 6.10. The van der Waals surface area contributed by atoms with Crippen molar-refractivity contribution in [2.75, 3.05) is 13.7 Å². The number of carbonyl (C=O) groups is 2.